The molecule has 2 aromatic carbocycles. The molecule has 0 aromatic heterocycles. The lowest BCUT2D eigenvalue weighted by Gasteiger charge is -2.09. The summed E-state index contributed by atoms with van der Waals surface area (Å²) in [6.45, 7) is 4.48. The number of anilines is 1. The van der Waals surface area contributed by atoms with E-state index < -0.39 is 10.0 Å². The highest BCUT2D eigenvalue weighted by atomic mass is 32.2. The number of nitrogens with one attached hydrogen (secondary N) is 2. The van der Waals surface area contributed by atoms with Gasteiger partial charge < -0.3 is 5.32 Å². The number of carbonyl (C=O) groups excluding carboxylic acids is 1. The maximum atomic E-state index is 12.3. The molecule has 2 rings (SSSR count). The second kappa shape index (κ2) is 9.50. The first-order chi connectivity index (χ1) is 12.4. The summed E-state index contributed by atoms with van der Waals surface area (Å²) < 4.78 is 27.1. The fourth-order valence-electron chi connectivity index (χ4n) is 2.55. The third kappa shape index (κ3) is 5.97. The molecule has 2 N–H and O–H groups in total. The van der Waals surface area contributed by atoms with Crippen LogP contribution in [0.4, 0.5) is 5.69 Å². The van der Waals surface area contributed by atoms with Crippen LogP contribution in [0.3, 0.4) is 0 Å². The van der Waals surface area contributed by atoms with Crippen LogP contribution < -0.4 is 10.0 Å². The minimum Gasteiger partial charge on any atom is -0.322 e. The van der Waals surface area contributed by atoms with Gasteiger partial charge in [0.2, 0.25) is 10.0 Å². The molecule has 1 amide bonds. The van der Waals surface area contributed by atoms with Crippen LogP contribution in [0.25, 0.3) is 0 Å². The molecule has 0 unspecified atom stereocenters. The summed E-state index contributed by atoms with van der Waals surface area (Å²) in [5.41, 5.74) is 2.12. The minimum atomic E-state index is -3.51. The summed E-state index contributed by atoms with van der Waals surface area (Å²) in [6, 6.07) is 13.5. The third-order valence-electron chi connectivity index (χ3n) is 4.03. The van der Waals surface area contributed by atoms with Gasteiger partial charge in [0.05, 0.1) is 4.90 Å². The van der Waals surface area contributed by atoms with Gasteiger partial charge in [-0.1, -0.05) is 43.9 Å². The predicted molar refractivity (Wildman–Crippen MR) is 105 cm³/mol. The standard InChI is InChI=1S/C20H26N2O3S/c1-3-4-5-6-14-21-26(24,25)19-12-10-18(11-13-19)22-20(23)17-9-7-8-16(2)15-17/h7-13,15,21H,3-6,14H2,1-2H3,(H,22,23). The molecule has 0 heterocycles. The first-order valence-corrected chi connectivity index (χ1v) is 10.4. The zero-order chi connectivity index (χ0) is 19.0. The van der Waals surface area contributed by atoms with Crippen molar-refractivity contribution < 1.29 is 13.2 Å². The molecule has 5 nitrogen and oxygen atoms in total. The van der Waals surface area contributed by atoms with E-state index in [-0.39, 0.29) is 10.8 Å². The lowest BCUT2D eigenvalue weighted by atomic mass is 10.1. The molecular formula is C20H26N2O3S. The minimum absolute atomic E-state index is 0.196. The van der Waals surface area contributed by atoms with Crippen molar-refractivity contribution in [1.82, 2.24) is 4.72 Å². The number of unbranched alkanes of at least 4 members (excludes halogenated alkanes) is 3. The zero-order valence-electron chi connectivity index (χ0n) is 15.3. The Bertz CT molecular complexity index is 830. The Morgan fingerprint density at radius 1 is 1.00 bits per heavy atom. The summed E-state index contributed by atoms with van der Waals surface area (Å²) >= 11 is 0. The summed E-state index contributed by atoms with van der Waals surface area (Å²) in [6.07, 6.45) is 4.07. The van der Waals surface area contributed by atoms with E-state index in [4.69, 9.17) is 0 Å². The summed E-state index contributed by atoms with van der Waals surface area (Å²) in [5, 5.41) is 2.78. The van der Waals surface area contributed by atoms with Gasteiger partial charge in [-0.2, -0.15) is 0 Å². The van der Waals surface area contributed by atoms with Gasteiger partial charge in [-0.3, -0.25) is 4.79 Å². The Kier molecular flexibility index (Phi) is 7.36. The van der Waals surface area contributed by atoms with Gasteiger partial charge in [0.25, 0.3) is 5.91 Å². The third-order valence-corrected chi connectivity index (χ3v) is 5.50. The molecular weight excluding hydrogens is 348 g/mol. The lowest BCUT2D eigenvalue weighted by Crippen LogP contribution is -2.24. The number of benzene rings is 2. The molecule has 6 heteroatoms. The molecule has 0 aliphatic carbocycles. The average Bonchev–Trinajstić information content (AvgIpc) is 2.62. The van der Waals surface area contributed by atoms with Gasteiger partial charge >= 0.3 is 0 Å². The second-order valence-electron chi connectivity index (χ2n) is 6.31. The Balaban J connectivity index is 1.95. The Labute approximate surface area is 155 Å². The van der Waals surface area contributed by atoms with Crippen LogP contribution >= 0.6 is 0 Å². The SMILES string of the molecule is CCCCCCNS(=O)(=O)c1ccc(NC(=O)c2cccc(C)c2)cc1. The Morgan fingerprint density at radius 3 is 2.38 bits per heavy atom. The van der Waals surface area contributed by atoms with Gasteiger partial charge in [0.1, 0.15) is 0 Å². The van der Waals surface area contributed by atoms with Crippen molar-refractivity contribution in [3.8, 4) is 0 Å². The molecule has 2 aromatic rings. The summed E-state index contributed by atoms with van der Waals surface area (Å²) in [7, 11) is -3.51. The normalized spacial score (nSPS) is 11.3. The summed E-state index contributed by atoms with van der Waals surface area (Å²) in [5.74, 6) is -0.224. The fraction of sp³-hybridized carbons (Fsp3) is 0.350. The molecule has 0 saturated carbocycles. The predicted octanol–water partition coefficient (Wildman–Crippen LogP) is 4.11. The number of hydrogen-bond acceptors (Lipinski definition) is 3. The van der Waals surface area contributed by atoms with Crippen LogP contribution in [-0.4, -0.2) is 20.9 Å². The zero-order valence-corrected chi connectivity index (χ0v) is 16.1. The number of amides is 1. The second-order valence-corrected chi connectivity index (χ2v) is 8.07. The van der Waals surface area contributed by atoms with Crippen LogP contribution in [0.15, 0.2) is 53.4 Å². The molecule has 0 bridgehead atoms. The Hall–Kier alpha value is -2.18. The van der Waals surface area contributed by atoms with Gasteiger partial charge in [-0.15, -0.1) is 0 Å². The van der Waals surface area contributed by atoms with Crippen molar-refractivity contribution in [3.05, 3.63) is 59.7 Å². The van der Waals surface area contributed by atoms with Crippen molar-refractivity contribution in [2.75, 3.05) is 11.9 Å². The average molecular weight is 375 g/mol. The van der Waals surface area contributed by atoms with Crippen molar-refractivity contribution in [3.63, 3.8) is 0 Å². The summed E-state index contributed by atoms with van der Waals surface area (Å²) in [4.78, 5) is 12.4. The van der Waals surface area contributed by atoms with Gasteiger partial charge in [-0.05, 0) is 49.7 Å². The Morgan fingerprint density at radius 2 is 1.73 bits per heavy atom. The highest BCUT2D eigenvalue weighted by Crippen LogP contribution is 2.15. The van der Waals surface area contributed by atoms with E-state index in [1.165, 1.54) is 12.1 Å². The van der Waals surface area contributed by atoms with Crippen LogP contribution in [0.1, 0.15) is 48.5 Å². The first kappa shape index (κ1) is 20.1. The van der Waals surface area contributed by atoms with Crippen LogP contribution in [-0.2, 0) is 10.0 Å². The molecule has 0 atom stereocenters. The van der Waals surface area contributed by atoms with Crippen LogP contribution in [0, 0.1) is 6.92 Å². The van der Waals surface area contributed by atoms with Gasteiger partial charge in [0.15, 0.2) is 0 Å². The van der Waals surface area contributed by atoms with E-state index in [0.717, 1.165) is 31.2 Å². The quantitative estimate of drug-likeness (QED) is 0.649. The fourth-order valence-corrected chi connectivity index (χ4v) is 3.62. The number of hydrogen-bond donors (Lipinski definition) is 2. The molecule has 0 aliphatic rings. The van der Waals surface area contributed by atoms with E-state index >= 15 is 0 Å². The molecule has 0 radical (unpaired) electrons. The number of rotatable bonds is 9. The highest BCUT2D eigenvalue weighted by Gasteiger charge is 2.13. The lowest BCUT2D eigenvalue weighted by molar-refractivity contribution is 0.102. The molecule has 26 heavy (non-hydrogen) atoms. The van der Waals surface area contributed by atoms with Crippen LogP contribution in [0.2, 0.25) is 0 Å². The van der Waals surface area contributed by atoms with Crippen molar-refractivity contribution >= 4 is 21.6 Å². The maximum absolute atomic E-state index is 12.3. The van der Waals surface area contributed by atoms with E-state index in [2.05, 4.69) is 17.0 Å². The smallest absolute Gasteiger partial charge is 0.255 e. The molecule has 0 fully saturated rings. The molecule has 140 valence electrons. The monoisotopic (exact) mass is 374 g/mol. The van der Waals surface area contributed by atoms with Crippen LogP contribution in [0.5, 0.6) is 0 Å². The van der Waals surface area contributed by atoms with Crippen molar-refractivity contribution in [2.45, 2.75) is 44.4 Å². The van der Waals surface area contributed by atoms with Gasteiger partial charge in [0, 0.05) is 17.8 Å². The maximum Gasteiger partial charge on any atom is 0.255 e. The van der Waals surface area contributed by atoms with Crippen molar-refractivity contribution in [2.24, 2.45) is 0 Å². The molecule has 0 saturated heterocycles. The molecule has 0 spiro atoms. The van der Waals surface area contributed by atoms with E-state index in [1.807, 2.05) is 19.1 Å². The number of carbonyl (C=O) groups is 1. The first-order valence-electron chi connectivity index (χ1n) is 8.90. The van der Waals surface area contributed by atoms with Gasteiger partial charge in [-0.25, -0.2) is 13.1 Å². The van der Waals surface area contributed by atoms with Crippen molar-refractivity contribution in [1.29, 1.82) is 0 Å². The van der Waals surface area contributed by atoms with E-state index in [0.29, 0.717) is 17.8 Å². The van der Waals surface area contributed by atoms with E-state index in [1.54, 1.807) is 24.3 Å². The number of sulfonamides is 1. The topological polar surface area (TPSA) is 75.3 Å². The van der Waals surface area contributed by atoms with E-state index in [9.17, 15) is 13.2 Å². The number of aryl methyl sites for hydroxylation is 1. The largest absolute Gasteiger partial charge is 0.322 e. The molecule has 0 aliphatic heterocycles. The highest BCUT2D eigenvalue weighted by molar-refractivity contribution is 7.89.